The molecule has 0 saturated carbocycles. The van der Waals surface area contributed by atoms with Crippen LogP contribution in [-0.4, -0.2) is 21.1 Å². The third-order valence-electron chi connectivity index (χ3n) is 3.94. The van der Waals surface area contributed by atoms with Crippen molar-refractivity contribution in [2.75, 3.05) is 0 Å². The van der Waals surface area contributed by atoms with Crippen LogP contribution in [0.2, 0.25) is 0 Å². The van der Waals surface area contributed by atoms with Crippen molar-refractivity contribution < 1.29 is 20.1 Å². The molecule has 20 heavy (non-hydrogen) atoms. The summed E-state index contributed by atoms with van der Waals surface area (Å²) in [5.74, 6) is -0.402. The Labute approximate surface area is 116 Å². The average Bonchev–Trinajstić information content (AvgIpc) is 2.34. The number of hydrogen-bond donors (Lipinski definition) is 3. The van der Waals surface area contributed by atoms with E-state index in [1.54, 1.807) is 13.0 Å². The molecule has 2 aromatic carbocycles. The van der Waals surface area contributed by atoms with Gasteiger partial charge in [0.25, 0.3) is 0 Å². The molecule has 4 heteroatoms. The van der Waals surface area contributed by atoms with Crippen molar-refractivity contribution in [3.63, 3.8) is 0 Å². The van der Waals surface area contributed by atoms with Gasteiger partial charge in [0.05, 0.1) is 10.9 Å². The summed E-state index contributed by atoms with van der Waals surface area (Å²) in [6.45, 7) is 3.73. The Kier molecular flexibility index (Phi) is 2.64. The maximum atomic E-state index is 12.1. The number of fused-ring (bicyclic) bond motifs is 2. The van der Waals surface area contributed by atoms with Crippen LogP contribution >= 0.6 is 0 Å². The molecule has 1 atom stereocenters. The topological polar surface area (TPSA) is 77.8 Å². The maximum Gasteiger partial charge on any atom is 0.167 e. The number of phenols is 3. The molecule has 104 valence electrons. The van der Waals surface area contributed by atoms with Crippen LogP contribution in [0.4, 0.5) is 0 Å². The summed E-state index contributed by atoms with van der Waals surface area (Å²) >= 11 is 0. The monoisotopic (exact) mass is 272 g/mol. The van der Waals surface area contributed by atoms with Gasteiger partial charge in [-0.15, -0.1) is 0 Å². The molecule has 0 amide bonds. The van der Waals surface area contributed by atoms with E-state index in [0.717, 1.165) is 5.56 Å². The van der Waals surface area contributed by atoms with Gasteiger partial charge in [-0.05, 0) is 37.0 Å². The van der Waals surface area contributed by atoms with E-state index in [9.17, 15) is 20.1 Å². The normalized spacial score (nSPS) is 18.3. The minimum absolute atomic E-state index is 0.00769. The molecule has 3 N–H and O–H groups in total. The van der Waals surface area contributed by atoms with Crippen LogP contribution in [-0.2, 0) is 6.42 Å². The van der Waals surface area contributed by atoms with Gasteiger partial charge in [-0.25, -0.2) is 0 Å². The van der Waals surface area contributed by atoms with Crippen LogP contribution in [0.3, 0.4) is 0 Å². The van der Waals surface area contributed by atoms with Gasteiger partial charge in [0.2, 0.25) is 0 Å². The maximum absolute atomic E-state index is 12.1. The van der Waals surface area contributed by atoms with Crippen molar-refractivity contribution in [1.29, 1.82) is 0 Å². The van der Waals surface area contributed by atoms with Gasteiger partial charge < -0.3 is 15.3 Å². The van der Waals surface area contributed by atoms with E-state index >= 15 is 0 Å². The zero-order valence-corrected chi connectivity index (χ0v) is 11.4. The first-order chi connectivity index (χ1) is 9.40. The van der Waals surface area contributed by atoms with Gasteiger partial charge in [-0.3, -0.25) is 4.79 Å². The lowest BCUT2D eigenvalue weighted by molar-refractivity contribution is 0.0949. The number of hydrogen-bond acceptors (Lipinski definition) is 4. The Hall–Kier alpha value is -2.23. The number of carbonyl (C=O) groups excluding carboxylic acids is 1. The highest BCUT2D eigenvalue weighted by atomic mass is 16.3. The lowest BCUT2D eigenvalue weighted by Crippen LogP contribution is -2.18. The lowest BCUT2D eigenvalue weighted by atomic mass is 9.81. The minimum Gasteiger partial charge on any atom is -0.507 e. The summed E-state index contributed by atoms with van der Waals surface area (Å²) < 4.78 is 0. The molecule has 0 bridgehead atoms. The number of aryl methyl sites for hydroxylation is 1. The minimum atomic E-state index is -0.220. The molecule has 2 aromatic rings. The number of rotatable bonds is 0. The zero-order chi connectivity index (χ0) is 14.6. The van der Waals surface area contributed by atoms with Crippen LogP contribution in [0.15, 0.2) is 12.1 Å². The van der Waals surface area contributed by atoms with E-state index in [1.165, 1.54) is 6.07 Å². The number of aromatic hydroxyl groups is 3. The summed E-state index contributed by atoms with van der Waals surface area (Å²) in [5.41, 5.74) is 1.43. The summed E-state index contributed by atoms with van der Waals surface area (Å²) in [5, 5.41) is 31.3. The number of Topliss-reactive ketones (excluding diaryl/α,β-unsaturated/α-hetero) is 1. The zero-order valence-electron chi connectivity index (χ0n) is 11.4. The fourth-order valence-electron chi connectivity index (χ4n) is 3.09. The number of phenolic OH excluding ortho intramolecular Hbond substituents is 3. The highest BCUT2D eigenvalue weighted by molar-refractivity contribution is 6.11. The number of carbonyl (C=O) groups is 1. The second-order valence-corrected chi connectivity index (χ2v) is 5.69. The van der Waals surface area contributed by atoms with Crippen molar-refractivity contribution in [2.24, 2.45) is 5.92 Å². The van der Waals surface area contributed by atoms with Crippen molar-refractivity contribution in [1.82, 2.24) is 0 Å². The Morgan fingerprint density at radius 3 is 2.50 bits per heavy atom. The van der Waals surface area contributed by atoms with E-state index < -0.39 is 0 Å². The molecule has 0 heterocycles. The molecule has 0 saturated heterocycles. The van der Waals surface area contributed by atoms with Crippen molar-refractivity contribution in [2.45, 2.75) is 26.7 Å². The van der Waals surface area contributed by atoms with E-state index in [2.05, 4.69) is 0 Å². The van der Waals surface area contributed by atoms with Crippen LogP contribution in [0.1, 0.15) is 34.8 Å². The van der Waals surface area contributed by atoms with Crippen LogP contribution in [0, 0.1) is 12.8 Å². The molecule has 3 rings (SSSR count). The number of benzene rings is 2. The highest BCUT2D eigenvalue weighted by Gasteiger charge is 2.30. The summed E-state index contributed by atoms with van der Waals surface area (Å²) in [6.07, 6.45) is 0.892. The van der Waals surface area contributed by atoms with Gasteiger partial charge in [0, 0.05) is 17.4 Å². The summed E-state index contributed by atoms with van der Waals surface area (Å²) in [7, 11) is 0. The van der Waals surface area contributed by atoms with Gasteiger partial charge >= 0.3 is 0 Å². The van der Waals surface area contributed by atoms with E-state index in [0.29, 0.717) is 23.8 Å². The van der Waals surface area contributed by atoms with Crippen LogP contribution < -0.4 is 0 Å². The first-order valence-electron chi connectivity index (χ1n) is 6.63. The van der Waals surface area contributed by atoms with Gasteiger partial charge in [-0.1, -0.05) is 6.92 Å². The molecule has 0 aliphatic heterocycles. The molecule has 0 spiro atoms. The molecular weight excluding hydrogens is 256 g/mol. The summed E-state index contributed by atoms with van der Waals surface area (Å²) in [4.78, 5) is 12.1. The molecule has 1 unspecified atom stereocenters. The van der Waals surface area contributed by atoms with E-state index in [1.807, 2.05) is 6.92 Å². The third-order valence-corrected chi connectivity index (χ3v) is 3.94. The fourth-order valence-corrected chi connectivity index (χ4v) is 3.09. The predicted molar refractivity (Wildman–Crippen MR) is 75.5 cm³/mol. The molecule has 0 aromatic heterocycles. The Morgan fingerprint density at radius 1 is 1.10 bits per heavy atom. The second kappa shape index (κ2) is 4.13. The van der Waals surface area contributed by atoms with E-state index in [4.69, 9.17) is 0 Å². The fraction of sp³-hybridized carbons (Fsp3) is 0.312. The SMILES string of the molecule is Cc1cc(O)c2c(O)c3c(c(O)c2c1)CC(C)CC3=O. The Morgan fingerprint density at radius 2 is 1.80 bits per heavy atom. The largest absolute Gasteiger partial charge is 0.507 e. The molecule has 1 aliphatic carbocycles. The molecule has 0 radical (unpaired) electrons. The van der Waals surface area contributed by atoms with Crippen molar-refractivity contribution in [3.8, 4) is 17.2 Å². The average molecular weight is 272 g/mol. The smallest absolute Gasteiger partial charge is 0.167 e. The molecular formula is C16H16O4. The Bertz CT molecular complexity index is 746. The van der Waals surface area contributed by atoms with Crippen LogP contribution in [0.25, 0.3) is 10.8 Å². The second-order valence-electron chi connectivity index (χ2n) is 5.69. The molecule has 0 fully saturated rings. The highest BCUT2D eigenvalue weighted by Crippen LogP contribution is 2.47. The molecule has 1 aliphatic rings. The lowest BCUT2D eigenvalue weighted by Gasteiger charge is -2.24. The van der Waals surface area contributed by atoms with E-state index in [-0.39, 0.29) is 39.9 Å². The summed E-state index contributed by atoms with van der Waals surface area (Å²) in [6, 6.07) is 3.21. The molecule has 4 nitrogen and oxygen atoms in total. The van der Waals surface area contributed by atoms with Gasteiger partial charge in [0.1, 0.15) is 17.2 Å². The number of ketones is 1. The third kappa shape index (κ3) is 1.64. The first kappa shape index (κ1) is 12.8. The Balaban J connectivity index is 2.48. The van der Waals surface area contributed by atoms with Crippen molar-refractivity contribution >= 4 is 16.6 Å². The predicted octanol–water partition coefficient (Wildman–Crippen LogP) is 3.03. The quantitative estimate of drug-likeness (QED) is 0.644. The van der Waals surface area contributed by atoms with Gasteiger partial charge in [-0.2, -0.15) is 0 Å². The van der Waals surface area contributed by atoms with Crippen molar-refractivity contribution in [3.05, 3.63) is 28.8 Å². The van der Waals surface area contributed by atoms with Crippen LogP contribution in [0.5, 0.6) is 17.2 Å². The standard InChI is InChI=1S/C16H16O4/c1-7-3-9-13(11(17)5-7)16(20)14-10(15(9)19)4-8(2)6-12(14)18/h3,5,8,17,19-20H,4,6H2,1-2H3. The first-order valence-corrected chi connectivity index (χ1v) is 6.63. The van der Waals surface area contributed by atoms with Gasteiger partial charge in [0.15, 0.2) is 5.78 Å².